The molecule has 0 aliphatic carbocycles. The third-order valence-electron chi connectivity index (χ3n) is 2.11. The Morgan fingerprint density at radius 1 is 1.30 bits per heavy atom. The quantitative estimate of drug-likeness (QED) is 0.415. The third kappa shape index (κ3) is 4.88. The van der Waals surface area contributed by atoms with Crippen molar-refractivity contribution >= 4 is 26.0 Å². The average molecular weight is 326 g/mol. The summed E-state index contributed by atoms with van der Waals surface area (Å²) in [6, 6.07) is 0. The smallest absolute Gasteiger partial charge is 0.340 e. The van der Waals surface area contributed by atoms with Gasteiger partial charge < -0.3 is 5.11 Å². The Labute approximate surface area is 115 Å². The maximum atomic E-state index is 11.8. The second-order valence-corrected chi connectivity index (χ2v) is 7.37. The van der Waals surface area contributed by atoms with Gasteiger partial charge in [-0.15, -0.1) is 0 Å². The number of aromatic amines is 1. The van der Waals surface area contributed by atoms with E-state index in [0.29, 0.717) is 0 Å². The van der Waals surface area contributed by atoms with Crippen LogP contribution in [0.1, 0.15) is 16.8 Å². The van der Waals surface area contributed by atoms with Gasteiger partial charge in [0.1, 0.15) is 5.56 Å². The van der Waals surface area contributed by atoms with Crippen LogP contribution in [0, 0.1) is 0 Å². The summed E-state index contributed by atoms with van der Waals surface area (Å²) in [5, 5.41) is 13.7. The van der Waals surface area contributed by atoms with E-state index in [2.05, 4.69) is 19.6 Å². The minimum atomic E-state index is -4.03. The molecule has 0 aliphatic heterocycles. The fourth-order valence-corrected chi connectivity index (χ4v) is 2.93. The van der Waals surface area contributed by atoms with Crippen molar-refractivity contribution in [2.45, 2.75) is 11.4 Å². The molecule has 1 aromatic heterocycles. The molecule has 1 aromatic rings. The van der Waals surface area contributed by atoms with Gasteiger partial charge in [-0.05, 0) is 6.42 Å². The van der Waals surface area contributed by atoms with Gasteiger partial charge in [0.2, 0.25) is 10.0 Å². The summed E-state index contributed by atoms with van der Waals surface area (Å²) in [7, 11) is -7.36. The number of H-pyrrole nitrogens is 1. The molecule has 0 unspecified atom stereocenters. The summed E-state index contributed by atoms with van der Waals surface area (Å²) in [6.45, 7) is 0.0129. The highest BCUT2D eigenvalue weighted by Gasteiger charge is 2.24. The van der Waals surface area contributed by atoms with E-state index in [1.54, 1.807) is 0 Å². The van der Waals surface area contributed by atoms with Crippen LogP contribution in [0.4, 0.5) is 0 Å². The molecule has 0 amide bonds. The second kappa shape index (κ2) is 6.30. The van der Waals surface area contributed by atoms with Gasteiger partial charge in [0, 0.05) is 13.1 Å². The molecule has 1 rings (SSSR count). The van der Waals surface area contributed by atoms with Crippen molar-refractivity contribution in [1.29, 1.82) is 0 Å². The van der Waals surface area contributed by atoms with Crippen molar-refractivity contribution in [3.05, 3.63) is 11.8 Å². The first-order valence-corrected chi connectivity index (χ1v) is 8.72. The van der Waals surface area contributed by atoms with Gasteiger partial charge in [0.25, 0.3) is 10.0 Å². The van der Waals surface area contributed by atoms with Crippen molar-refractivity contribution in [1.82, 2.24) is 19.6 Å². The van der Waals surface area contributed by atoms with Crippen LogP contribution in [0.5, 0.6) is 0 Å². The Bertz CT molecular complexity index is 678. The van der Waals surface area contributed by atoms with Crippen LogP contribution in [0.15, 0.2) is 11.2 Å². The van der Waals surface area contributed by atoms with Gasteiger partial charge in [0.15, 0.2) is 5.03 Å². The van der Waals surface area contributed by atoms with E-state index in [-0.39, 0.29) is 19.5 Å². The molecule has 0 saturated heterocycles. The lowest BCUT2D eigenvalue weighted by Gasteiger charge is -2.06. The lowest BCUT2D eigenvalue weighted by molar-refractivity contribution is 0.0692. The number of hydrogen-bond acceptors (Lipinski definition) is 6. The van der Waals surface area contributed by atoms with Gasteiger partial charge >= 0.3 is 5.97 Å². The zero-order valence-electron chi connectivity index (χ0n) is 10.5. The Kier molecular flexibility index (Phi) is 5.21. The van der Waals surface area contributed by atoms with Gasteiger partial charge in [-0.25, -0.2) is 31.1 Å². The molecule has 0 aromatic carbocycles. The molecule has 0 radical (unpaired) electrons. The number of hydrogen-bond donors (Lipinski definition) is 4. The Hall–Kier alpha value is -1.50. The summed E-state index contributed by atoms with van der Waals surface area (Å²) in [6.07, 6.45) is 2.09. The van der Waals surface area contributed by atoms with Crippen molar-refractivity contribution in [2.75, 3.05) is 19.3 Å². The molecular weight excluding hydrogens is 312 g/mol. The first kappa shape index (κ1) is 16.6. The molecule has 20 heavy (non-hydrogen) atoms. The minimum Gasteiger partial charge on any atom is -0.478 e. The molecule has 12 heteroatoms. The van der Waals surface area contributed by atoms with E-state index in [9.17, 15) is 21.6 Å². The lowest BCUT2D eigenvalue weighted by Crippen LogP contribution is -2.30. The molecular formula is C8H14N4O6S2. The zero-order chi connectivity index (χ0) is 15.4. The van der Waals surface area contributed by atoms with Gasteiger partial charge in [0.05, 0.1) is 12.5 Å². The van der Waals surface area contributed by atoms with Crippen LogP contribution < -0.4 is 9.44 Å². The van der Waals surface area contributed by atoms with E-state index in [0.717, 1.165) is 12.5 Å². The van der Waals surface area contributed by atoms with Crippen LogP contribution in [0.2, 0.25) is 0 Å². The number of carboxylic acids is 1. The normalized spacial score (nSPS) is 12.4. The second-order valence-electron chi connectivity index (χ2n) is 3.84. The summed E-state index contributed by atoms with van der Waals surface area (Å²) in [4.78, 5) is 10.8. The molecule has 0 spiro atoms. The van der Waals surface area contributed by atoms with E-state index in [1.165, 1.54) is 0 Å². The van der Waals surface area contributed by atoms with Crippen molar-refractivity contribution in [2.24, 2.45) is 0 Å². The largest absolute Gasteiger partial charge is 0.478 e. The highest BCUT2D eigenvalue weighted by atomic mass is 32.2. The summed E-state index contributed by atoms with van der Waals surface area (Å²) in [5.41, 5.74) is -0.466. The Balaban J connectivity index is 2.58. The molecule has 1 heterocycles. The van der Waals surface area contributed by atoms with Gasteiger partial charge in [-0.3, -0.25) is 5.10 Å². The molecule has 0 atom stereocenters. The van der Waals surface area contributed by atoms with Gasteiger partial charge in [-0.1, -0.05) is 0 Å². The summed E-state index contributed by atoms with van der Waals surface area (Å²) in [5.74, 6) is -1.42. The summed E-state index contributed by atoms with van der Waals surface area (Å²) >= 11 is 0. The van der Waals surface area contributed by atoms with Crippen LogP contribution in [0.25, 0.3) is 0 Å². The number of carboxylic acid groups (broad SMARTS) is 1. The highest BCUT2D eigenvalue weighted by Crippen LogP contribution is 2.11. The number of rotatable bonds is 8. The predicted molar refractivity (Wildman–Crippen MR) is 68.2 cm³/mol. The molecule has 10 nitrogen and oxygen atoms in total. The van der Waals surface area contributed by atoms with Crippen LogP contribution in [-0.2, 0) is 20.0 Å². The van der Waals surface area contributed by atoms with E-state index < -0.39 is 36.6 Å². The standard InChI is InChI=1S/C8H14N4O6S2/c1-19(15,16)10-3-2-4-11-20(17,18)7-6(8(13)14)5-9-12-7/h5,10-11H,2-4H2,1H3,(H,9,12)(H,13,14). The number of carbonyl (C=O) groups is 1. The zero-order valence-corrected chi connectivity index (χ0v) is 12.1. The minimum absolute atomic E-state index is 0.0526. The average Bonchev–Trinajstić information content (AvgIpc) is 2.76. The van der Waals surface area contributed by atoms with Crippen LogP contribution in [-0.4, -0.2) is 57.5 Å². The molecule has 0 aliphatic rings. The fourth-order valence-electron chi connectivity index (χ4n) is 1.26. The SMILES string of the molecule is CS(=O)(=O)NCCCNS(=O)(=O)c1[nH]ncc1C(=O)O. The van der Waals surface area contributed by atoms with Crippen molar-refractivity contribution in [3.8, 4) is 0 Å². The fraction of sp³-hybridized carbons (Fsp3) is 0.500. The first-order valence-electron chi connectivity index (χ1n) is 5.34. The van der Waals surface area contributed by atoms with Gasteiger partial charge in [-0.2, -0.15) is 5.10 Å². The lowest BCUT2D eigenvalue weighted by atomic mass is 10.4. The maximum Gasteiger partial charge on any atom is 0.340 e. The maximum absolute atomic E-state index is 11.8. The highest BCUT2D eigenvalue weighted by molar-refractivity contribution is 7.89. The number of nitrogens with zero attached hydrogens (tertiary/aromatic N) is 1. The number of sulfonamides is 2. The molecule has 114 valence electrons. The Morgan fingerprint density at radius 3 is 2.45 bits per heavy atom. The van der Waals surface area contributed by atoms with E-state index >= 15 is 0 Å². The molecule has 0 bridgehead atoms. The van der Waals surface area contributed by atoms with Crippen molar-refractivity contribution < 1.29 is 26.7 Å². The van der Waals surface area contributed by atoms with E-state index in [4.69, 9.17) is 5.11 Å². The third-order valence-corrected chi connectivity index (χ3v) is 4.27. The number of aromatic nitrogens is 2. The summed E-state index contributed by atoms with van der Waals surface area (Å²) < 4.78 is 49.5. The molecule has 0 saturated carbocycles. The Morgan fingerprint density at radius 2 is 1.90 bits per heavy atom. The topological polar surface area (TPSA) is 158 Å². The van der Waals surface area contributed by atoms with E-state index in [1.807, 2.05) is 0 Å². The van der Waals surface area contributed by atoms with Crippen molar-refractivity contribution in [3.63, 3.8) is 0 Å². The number of nitrogens with one attached hydrogen (secondary N) is 3. The van der Waals surface area contributed by atoms with Crippen LogP contribution >= 0.6 is 0 Å². The number of aromatic carboxylic acids is 1. The molecule has 0 fully saturated rings. The monoisotopic (exact) mass is 326 g/mol. The van der Waals surface area contributed by atoms with Crippen LogP contribution in [0.3, 0.4) is 0 Å². The predicted octanol–water partition coefficient (Wildman–Crippen LogP) is -1.67. The molecule has 4 N–H and O–H groups in total. The first-order chi connectivity index (χ1) is 9.13.